The minimum atomic E-state index is -0.175. The molecule has 4 nitrogen and oxygen atoms in total. The average molecular weight is 336 g/mol. The molecule has 0 unspecified atom stereocenters. The SMILES string of the molecule is O=C(CCC(=O)N1CCC[C@@H]1CO)c1cc(Cl)sc1Cl. The Hall–Kier alpha value is -0.620. The first kappa shape index (κ1) is 15.8. The summed E-state index contributed by atoms with van der Waals surface area (Å²) in [6, 6.07) is 1.44. The first-order chi connectivity index (χ1) is 9.52. The number of aliphatic hydroxyl groups is 1. The van der Waals surface area contributed by atoms with Crippen LogP contribution in [-0.2, 0) is 4.79 Å². The highest BCUT2D eigenvalue weighted by Crippen LogP contribution is 2.32. The van der Waals surface area contributed by atoms with Crippen LogP contribution in [0, 0.1) is 0 Å². The van der Waals surface area contributed by atoms with Crippen LogP contribution in [0.3, 0.4) is 0 Å². The van der Waals surface area contributed by atoms with Crippen LogP contribution in [0.1, 0.15) is 36.0 Å². The molecule has 1 N–H and O–H groups in total. The maximum atomic E-state index is 12.0. The number of aliphatic hydroxyl groups excluding tert-OH is 1. The van der Waals surface area contributed by atoms with E-state index in [1.54, 1.807) is 4.90 Å². The highest BCUT2D eigenvalue weighted by atomic mass is 35.5. The van der Waals surface area contributed by atoms with E-state index in [1.165, 1.54) is 6.07 Å². The first-order valence-corrected chi connectivity index (χ1v) is 7.98. The second-order valence-corrected chi connectivity index (χ2v) is 7.01. The average Bonchev–Trinajstić information content (AvgIpc) is 3.01. The molecule has 0 saturated carbocycles. The smallest absolute Gasteiger partial charge is 0.223 e. The first-order valence-electron chi connectivity index (χ1n) is 6.41. The predicted octanol–water partition coefficient (Wildman–Crippen LogP) is 3.00. The van der Waals surface area contributed by atoms with E-state index in [0.717, 1.165) is 24.2 Å². The van der Waals surface area contributed by atoms with E-state index in [0.29, 0.717) is 20.8 Å². The molecule has 1 aromatic rings. The van der Waals surface area contributed by atoms with E-state index < -0.39 is 0 Å². The van der Waals surface area contributed by atoms with Gasteiger partial charge in [-0.05, 0) is 18.9 Å². The van der Waals surface area contributed by atoms with Gasteiger partial charge in [-0.2, -0.15) is 0 Å². The van der Waals surface area contributed by atoms with Gasteiger partial charge in [0.2, 0.25) is 5.91 Å². The Morgan fingerprint density at radius 2 is 2.15 bits per heavy atom. The molecule has 7 heteroatoms. The normalized spacial score (nSPS) is 18.6. The number of hydrogen-bond acceptors (Lipinski definition) is 4. The summed E-state index contributed by atoms with van der Waals surface area (Å²) in [5.74, 6) is -0.265. The van der Waals surface area contributed by atoms with Crippen LogP contribution in [0.15, 0.2) is 6.07 Å². The molecule has 1 aromatic heterocycles. The number of amides is 1. The quantitative estimate of drug-likeness (QED) is 0.841. The largest absolute Gasteiger partial charge is 0.394 e. The van der Waals surface area contributed by atoms with Crippen molar-refractivity contribution in [1.29, 1.82) is 0 Å². The number of Topliss-reactive ketones (excluding diaryl/α,β-unsaturated/α-hetero) is 1. The topological polar surface area (TPSA) is 57.6 Å². The van der Waals surface area contributed by atoms with Gasteiger partial charge in [0.05, 0.1) is 17.0 Å². The highest BCUT2D eigenvalue weighted by Gasteiger charge is 2.28. The van der Waals surface area contributed by atoms with Gasteiger partial charge in [0, 0.05) is 24.9 Å². The standard InChI is InChI=1S/C13H15Cl2NO3S/c14-11-6-9(13(15)20-11)10(18)3-4-12(19)16-5-1-2-8(16)7-17/h6,8,17H,1-5,7H2/t8-/m1/s1. The van der Waals surface area contributed by atoms with E-state index in [-0.39, 0.29) is 37.2 Å². The lowest BCUT2D eigenvalue weighted by molar-refractivity contribution is -0.132. The van der Waals surface area contributed by atoms with Gasteiger partial charge in [-0.25, -0.2) is 0 Å². The molecule has 0 bridgehead atoms. The monoisotopic (exact) mass is 335 g/mol. The second-order valence-electron chi connectivity index (χ2n) is 4.73. The molecule has 1 aliphatic rings. The zero-order valence-electron chi connectivity index (χ0n) is 10.8. The number of thiophene rings is 1. The van der Waals surface area contributed by atoms with Crippen LogP contribution >= 0.6 is 34.5 Å². The van der Waals surface area contributed by atoms with Crippen molar-refractivity contribution >= 4 is 46.2 Å². The van der Waals surface area contributed by atoms with Crippen LogP contribution in [0.4, 0.5) is 0 Å². The van der Waals surface area contributed by atoms with Gasteiger partial charge in [0.15, 0.2) is 5.78 Å². The third kappa shape index (κ3) is 3.52. The minimum absolute atomic E-state index is 0.0222. The van der Waals surface area contributed by atoms with E-state index in [4.69, 9.17) is 23.2 Å². The van der Waals surface area contributed by atoms with E-state index in [1.807, 2.05) is 0 Å². The Labute approximate surface area is 131 Å². The van der Waals surface area contributed by atoms with Crippen molar-refractivity contribution in [3.05, 3.63) is 20.3 Å². The lowest BCUT2D eigenvalue weighted by Gasteiger charge is -2.22. The molecule has 2 heterocycles. The summed E-state index contributed by atoms with van der Waals surface area (Å²) < 4.78 is 0.825. The molecule has 1 atom stereocenters. The van der Waals surface area contributed by atoms with E-state index in [9.17, 15) is 14.7 Å². The van der Waals surface area contributed by atoms with Gasteiger partial charge in [-0.15, -0.1) is 11.3 Å². The van der Waals surface area contributed by atoms with Gasteiger partial charge < -0.3 is 10.0 Å². The number of nitrogens with zero attached hydrogens (tertiary/aromatic N) is 1. The number of hydrogen-bond donors (Lipinski definition) is 1. The van der Waals surface area contributed by atoms with Gasteiger partial charge in [-0.3, -0.25) is 9.59 Å². The summed E-state index contributed by atoms with van der Waals surface area (Å²) in [5.41, 5.74) is 0.384. The lowest BCUT2D eigenvalue weighted by Crippen LogP contribution is -2.37. The Bertz CT molecular complexity index is 518. The second kappa shape index (κ2) is 6.89. The molecular weight excluding hydrogens is 321 g/mol. The van der Waals surface area contributed by atoms with E-state index in [2.05, 4.69) is 0 Å². The van der Waals surface area contributed by atoms with Crippen molar-refractivity contribution in [3.63, 3.8) is 0 Å². The molecule has 0 aromatic carbocycles. The van der Waals surface area contributed by atoms with Crippen LogP contribution in [0.5, 0.6) is 0 Å². The Kier molecular flexibility index (Phi) is 5.43. The molecule has 20 heavy (non-hydrogen) atoms. The molecule has 0 radical (unpaired) electrons. The van der Waals surface area contributed by atoms with Crippen LogP contribution in [0.25, 0.3) is 0 Å². The van der Waals surface area contributed by atoms with Crippen LogP contribution < -0.4 is 0 Å². The van der Waals surface area contributed by atoms with Crippen molar-refractivity contribution in [3.8, 4) is 0 Å². The van der Waals surface area contributed by atoms with E-state index >= 15 is 0 Å². The molecule has 110 valence electrons. The summed E-state index contributed by atoms with van der Waals surface area (Å²) in [5, 5.41) is 9.19. The maximum absolute atomic E-state index is 12.0. The molecule has 0 aliphatic carbocycles. The van der Waals surface area contributed by atoms with Crippen LogP contribution in [-0.4, -0.2) is 40.9 Å². The summed E-state index contributed by atoms with van der Waals surface area (Å²) in [7, 11) is 0. The minimum Gasteiger partial charge on any atom is -0.394 e. The van der Waals surface area contributed by atoms with Gasteiger partial charge in [0.1, 0.15) is 4.34 Å². The molecule has 1 saturated heterocycles. The number of halogens is 2. The predicted molar refractivity (Wildman–Crippen MR) is 79.7 cm³/mol. The number of ketones is 1. The van der Waals surface area contributed by atoms with Crippen molar-refractivity contribution < 1.29 is 14.7 Å². The Morgan fingerprint density at radius 1 is 1.40 bits per heavy atom. The number of carbonyl (C=O) groups excluding carboxylic acids is 2. The molecule has 2 rings (SSSR count). The number of carbonyl (C=O) groups is 2. The Morgan fingerprint density at radius 3 is 2.75 bits per heavy atom. The molecular formula is C13H15Cl2NO3S. The number of likely N-dealkylation sites (tertiary alicyclic amines) is 1. The summed E-state index contributed by atoms with van der Waals surface area (Å²) in [4.78, 5) is 25.7. The van der Waals surface area contributed by atoms with Gasteiger partial charge in [-0.1, -0.05) is 23.2 Å². The van der Waals surface area contributed by atoms with Gasteiger partial charge in [0.25, 0.3) is 0 Å². The van der Waals surface area contributed by atoms with Gasteiger partial charge >= 0.3 is 0 Å². The summed E-state index contributed by atoms with van der Waals surface area (Å²) in [6.07, 6.45) is 1.97. The lowest BCUT2D eigenvalue weighted by atomic mass is 10.1. The fourth-order valence-corrected chi connectivity index (χ4v) is 3.88. The molecule has 0 spiro atoms. The fraction of sp³-hybridized carbons (Fsp3) is 0.538. The number of rotatable bonds is 5. The third-order valence-corrected chi connectivity index (χ3v) is 4.92. The van der Waals surface area contributed by atoms with Crippen molar-refractivity contribution in [1.82, 2.24) is 4.90 Å². The van der Waals surface area contributed by atoms with Crippen molar-refractivity contribution in [2.75, 3.05) is 13.2 Å². The van der Waals surface area contributed by atoms with Crippen LogP contribution in [0.2, 0.25) is 8.67 Å². The molecule has 1 amide bonds. The Balaban J connectivity index is 1.90. The third-order valence-electron chi connectivity index (χ3n) is 3.43. The molecule has 1 fully saturated rings. The maximum Gasteiger partial charge on any atom is 0.223 e. The van der Waals surface area contributed by atoms with Crippen molar-refractivity contribution in [2.45, 2.75) is 31.7 Å². The zero-order chi connectivity index (χ0) is 14.7. The van der Waals surface area contributed by atoms with Crippen molar-refractivity contribution in [2.24, 2.45) is 0 Å². The summed E-state index contributed by atoms with van der Waals surface area (Å²) >= 11 is 12.8. The summed E-state index contributed by atoms with van der Waals surface area (Å²) in [6.45, 7) is 0.634. The highest BCUT2D eigenvalue weighted by molar-refractivity contribution is 7.20. The molecule has 1 aliphatic heterocycles. The zero-order valence-corrected chi connectivity index (χ0v) is 13.1. The fourth-order valence-electron chi connectivity index (χ4n) is 2.38.